The Kier molecular flexibility index (Phi) is 5.96. The molecule has 186 valence electrons. The van der Waals surface area contributed by atoms with Gasteiger partial charge in [-0.05, 0) is 67.8 Å². The van der Waals surface area contributed by atoms with Gasteiger partial charge in [0.15, 0.2) is 0 Å². The first kappa shape index (κ1) is 24.2. The molecule has 1 aliphatic rings. The Morgan fingerprint density at radius 3 is 2.64 bits per heavy atom. The first-order valence-electron chi connectivity index (χ1n) is 11.1. The van der Waals surface area contributed by atoms with E-state index < -0.39 is 38.4 Å². The summed E-state index contributed by atoms with van der Waals surface area (Å²) >= 11 is 6.38. The van der Waals surface area contributed by atoms with Crippen molar-refractivity contribution in [1.29, 1.82) is 0 Å². The number of hydrogen-bond donors (Lipinski definition) is 2. The molecule has 2 aromatic carbocycles. The predicted molar refractivity (Wildman–Crippen MR) is 133 cm³/mol. The molecule has 4 aromatic rings. The summed E-state index contributed by atoms with van der Waals surface area (Å²) in [5, 5.41) is 0.0895. The summed E-state index contributed by atoms with van der Waals surface area (Å²) in [4.78, 5) is 28.9. The van der Waals surface area contributed by atoms with Crippen LogP contribution in [0.25, 0.3) is 22.0 Å². The van der Waals surface area contributed by atoms with E-state index in [1.165, 1.54) is 16.8 Å². The number of H-pyrrole nitrogens is 1. The second-order valence-corrected chi connectivity index (χ2v) is 11.1. The van der Waals surface area contributed by atoms with E-state index >= 15 is 0 Å². The Labute approximate surface area is 209 Å². The molecule has 1 saturated carbocycles. The van der Waals surface area contributed by atoms with Gasteiger partial charge >= 0.3 is 0 Å². The van der Waals surface area contributed by atoms with Crippen molar-refractivity contribution in [3.63, 3.8) is 0 Å². The fourth-order valence-corrected chi connectivity index (χ4v) is 5.68. The number of sulfonamides is 1. The number of fused-ring (bicyclic) bond motifs is 1. The molecule has 0 spiro atoms. The number of pyridine rings is 1. The molecule has 2 N–H and O–H groups in total. The zero-order chi connectivity index (χ0) is 25.8. The van der Waals surface area contributed by atoms with Gasteiger partial charge in [-0.25, -0.2) is 21.9 Å². The van der Waals surface area contributed by atoms with Crippen LogP contribution < -0.4 is 10.3 Å². The smallest absolute Gasteiger partial charge is 0.282 e. The normalized spacial score (nSPS) is 13.8. The van der Waals surface area contributed by atoms with Gasteiger partial charge in [0.25, 0.3) is 11.5 Å². The lowest BCUT2D eigenvalue weighted by atomic mass is 10.0. The molecule has 1 amide bonds. The van der Waals surface area contributed by atoms with E-state index in [9.17, 15) is 26.8 Å². The third-order valence-electron chi connectivity index (χ3n) is 6.18. The standard InChI is InChI=1S/C25H20ClF2N3O4S/c1-13-9-18-21(11-19(13)26)31(12-14-10-15(27)4-7-20(14)28)23(22(18)17-3-2-8-29-24(17)32)25(33)30-36(34,35)16-5-6-16/h2-4,7-11,16H,5-6,12H2,1H3,(H,29,32)(H,30,33). The molecule has 5 rings (SSSR count). The number of halogens is 3. The van der Waals surface area contributed by atoms with Crippen molar-refractivity contribution in [2.75, 3.05) is 0 Å². The number of nitrogens with one attached hydrogen (secondary N) is 2. The first-order valence-corrected chi connectivity index (χ1v) is 13.0. The lowest BCUT2D eigenvalue weighted by molar-refractivity contribution is 0.0974. The average Bonchev–Trinajstić information content (AvgIpc) is 3.63. The van der Waals surface area contributed by atoms with E-state index in [0.29, 0.717) is 34.3 Å². The van der Waals surface area contributed by atoms with Crippen molar-refractivity contribution in [2.24, 2.45) is 0 Å². The Morgan fingerprint density at radius 2 is 1.94 bits per heavy atom. The van der Waals surface area contributed by atoms with Crippen LogP contribution in [-0.2, 0) is 16.6 Å². The minimum atomic E-state index is -3.96. The SMILES string of the molecule is Cc1cc2c(-c3ccc[nH]c3=O)c(C(=O)NS(=O)(=O)C3CC3)n(Cc3cc(F)ccc3F)c2cc1Cl. The summed E-state index contributed by atoms with van der Waals surface area (Å²) in [6, 6.07) is 9.22. The van der Waals surface area contributed by atoms with Gasteiger partial charge in [0.05, 0.1) is 17.3 Å². The number of aromatic amines is 1. The van der Waals surface area contributed by atoms with Crippen LogP contribution in [0.3, 0.4) is 0 Å². The summed E-state index contributed by atoms with van der Waals surface area (Å²) < 4.78 is 57.4. The minimum absolute atomic E-state index is 0.0729. The zero-order valence-electron chi connectivity index (χ0n) is 18.9. The summed E-state index contributed by atoms with van der Waals surface area (Å²) in [5.74, 6) is -2.38. The second kappa shape index (κ2) is 8.86. The van der Waals surface area contributed by atoms with Crippen LogP contribution in [0, 0.1) is 18.6 Å². The van der Waals surface area contributed by atoms with Crippen LogP contribution in [0.4, 0.5) is 8.78 Å². The van der Waals surface area contributed by atoms with Gasteiger partial charge in [-0.1, -0.05) is 11.6 Å². The average molecular weight is 532 g/mol. The zero-order valence-corrected chi connectivity index (χ0v) is 20.5. The number of aryl methyl sites for hydroxylation is 1. The van der Waals surface area contributed by atoms with E-state index in [0.717, 1.165) is 18.2 Å². The molecule has 1 fully saturated rings. The molecule has 7 nitrogen and oxygen atoms in total. The quantitative estimate of drug-likeness (QED) is 0.382. The van der Waals surface area contributed by atoms with Crippen LogP contribution in [0.15, 0.2) is 53.5 Å². The Bertz CT molecular complexity index is 1710. The van der Waals surface area contributed by atoms with Crippen molar-refractivity contribution in [3.8, 4) is 11.1 Å². The molecule has 36 heavy (non-hydrogen) atoms. The fourth-order valence-electron chi connectivity index (χ4n) is 4.24. The highest BCUT2D eigenvalue weighted by Crippen LogP contribution is 2.37. The van der Waals surface area contributed by atoms with Gasteiger partial charge in [0.1, 0.15) is 17.3 Å². The minimum Gasteiger partial charge on any atom is -0.331 e. The van der Waals surface area contributed by atoms with E-state index in [1.807, 2.05) is 0 Å². The molecular formula is C25H20ClF2N3O4S. The largest absolute Gasteiger partial charge is 0.331 e. The van der Waals surface area contributed by atoms with Crippen LogP contribution in [0.1, 0.15) is 34.5 Å². The van der Waals surface area contributed by atoms with Gasteiger partial charge in [-0.3, -0.25) is 9.59 Å². The molecule has 2 heterocycles. The fraction of sp³-hybridized carbons (Fsp3) is 0.200. The molecule has 11 heteroatoms. The lowest BCUT2D eigenvalue weighted by Gasteiger charge is -2.14. The number of rotatable bonds is 6. The molecule has 1 aliphatic carbocycles. The molecular weight excluding hydrogens is 512 g/mol. The number of hydrogen-bond acceptors (Lipinski definition) is 4. The van der Waals surface area contributed by atoms with Crippen LogP contribution in [0.5, 0.6) is 0 Å². The Hall–Kier alpha value is -3.50. The highest BCUT2D eigenvalue weighted by atomic mass is 35.5. The molecule has 0 unspecified atom stereocenters. The second-order valence-electron chi connectivity index (χ2n) is 8.75. The van der Waals surface area contributed by atoms with Crippen LogP contribution >= 0.6 is 11.6 Å². The highest BCUT2D eigenvalue weighted by molar-refractivity contribution is 7.91. The van der Waals surface area contributed by atoms with E-state index in [4.69, 9.17) is 11.6 Å². The lowest BCUT2D eigenvalue weighted by Crippen LogP contribution is -2.35. The van der Waals surface area contributed by atoms with Crippen molar-refractivity contribution in [2.45, 2.75) is 31.6 Å². The number of carbonyl (C=O) groups is 1. The summed E-state index contributed by atoms with van der Waals surface area (Å²) in [7, 11) is -3.96. The number of carbonyl (C=O) groups excluding carboxylic acids is 1. The summed E-state index contributed by atoms with van der Waals surface area (Å²) in [6.45, 7) is 1.41. The molecule has 0 atom stereocenters. The van der Waals surface area contributed by atoms with Crippen molar-refractivity contribution < 1.29 is 22.0 Å². The highest BCUT2D eigenvalue weighted by Gasteiger charge is 2.38. The molecule has 0 saturated heterocycles. The third-order valence-corrected chi connectivity index (χ3v) is 8.41. The van der Waals surface area contributed by atoms with Crippen molar-refractivity contribution in [1.82, 2.24) is 14.3 Å². The van der Waals surface area contributed by atoms with E-state index in [-0.39, 0.29) is 28.9 Å². The number of aromatic nitrogens is 2. The van der Waals surface area contributed by atoms with E-state index in [1.54, 1.807) is 25.1 Å². The number of nitrogens with zero attached hydrogens (tertiary/aromatic N) is 1. The summed E-state index contributed by atoms with van der Waals surface area (Å²) in [6.07, 6.45) is 2.28. The molecule has 0 aliphatic heterocycles. The maximum absolute atomic E-state index is 14.7. The monoisotopic (exact) mass is 531 g/mol. The van der Waals surface area contributed by atoms with Gasteiger partial charge < -0.3 is 9.55 Å². The number of benzene rings is 2. The Balaban J connectivity index is 1.84. The third kappa shape index (κ3) is 4.31. The maximum Gasteiger partial charge on any atom is 0.282 e. The molecule has 2 aromatic heterocycles. The van der Waals surface area contributed by atoms with Gasteiger partial charge in [-0.2, -0.15) is 0 Å². The van der Waals surface area contributed by atoms with Crippen molar-refractivity contribution in [3.05, 3.63) is 92.5 Å². The van der Waals surface area contributed by atoms with Crippen LogP contribution in [0.2, 0.25) is 5.02 Å². The number of amides is 1. The van der Waals surface area contributed by atoms with Gasteiger partial charge in [0, 0.05) is 33.3 Å². The van der Waals surface area contributed by atoms with Gasteiger partial charge in [0.2, 0.25) is 10.0 Å². The van der Waals surface area contributed by atoms with Gasteiger partial charge in [-0.15, -0.1) is 0 Å². The predicted octanol–water partition coefficient (Wildman–Crippen LogP) is 4.51. The topological polar surface area (TPSA) is 101 Å². The molecule has 0 bridgehead atoms. The molecule has 0 radical (unpaired) electrons. The first-order chi connectivity index (χ1) is 17.1. The van der Waals surface area contributed by atoms with Crippen LogP contribution in [-0.4, -0.2) is 29.1 Å². The summed E-state index contributed by atoms with van der Waals surface area (Å²) in [5.41, 5.74) is 0.488. The maximum atomic E-state index is 14.7. The van der Waals surface area contributed by atoms with E-state index in [2.05, 4.69) is 9.71 Å². The Morgan fingerprint density at radius 1 is 1.19 bits per heavy atom. The van der Waals surface area contributed by atoms with Crippen molar-refractivity contribution >= 4 is 38.4 Å².